The minimum atomic E-state index is -0.525. The van der Waals surface area contributed by atoms with E-state index in [2.05, 4.69) is 36.4 Å². The second-order valence-corrected chi connectivity index (χ2v) is 5.16. The Balaban J connectivity index is 1.83. The zero-order chi connectivity index (χ0) is 13.0. The average Bonchev–Trinajstić information content (AvgIpc) is 2.74. The predicted octanol–water partition coefficient (Wildman–Crippen LogP) is 2.25. The number of anilines is 1. The molecule has 0 aliphatic rings. The molecule has 0 aliphatic carbocycles. The molecule has 0 radical (unpaired) electrons. The van der Waals surface area contributed by atoms with Crippen LogP contribution in [0.3, 0.4) is 0 Å². The highest BCUT2D eigenvalue weighted by atomic mass is 79.9. The number of aromatic nitrogens is 3. The Morgan fingerprint density at radius 1 is 1.33 bits per heavy atom. The summed E-state index contributed by atoms with van der Waals surface area (Å²) in [5.41, 5.74) is 0.965. The molecule has 96 valence electrons. The fourth-order valence-electron chi connectivity index (χ4n) is 1.50. The van der Waals surface area contributed by atoms with Gasteiger partial charge in [-0.05, 0) is 36.5 Å². The lowest BCUT2D eigenvalue weighted by Crippen LogP contribution is -2.22. The van der Waals surface area contributed by atoms with E-state index in [0.717, 1.165) is 10.2 Å². The van der Waals surface area contributed by atoms with Crippen LogP contribution >= 0.6 is 28.1 Å². The van der Waals surface area contributed by atoms with Crippen LogP contribution in [0, 0.1) is 4.77 Å². The van der Waals surface area contributed by atoms with Gasteiger partial charge in [-0.15, -0.1) is 0 Å². The van der Waals surface area contributed by atoms with Crippen molar-refractivity contribution in [1.82, 2.24) is 15.2 Å². The molecular weight excluding hydrogens is 316 g/mol. The molecule has 0 saturated heterocycles. The van der Waals surface area contributed by atoms with E-state index in [9.17, 15) is 5.11 Å². The van der Waals surface area contributed by atoms with Crippen molar-refractivity contribution in [2.45, 2.75) is 12.5 Å². The first-order valence-electron chi connectivity index (χ1n) is 5.44. The van der Waals surface area contributed by atoms with E-state index in [1.807, 2.05) is 24.3 Å². The summed E-state index contributed by atoms with van der Waals surface area (Å²) in [4.78, 5) is 4.03. The van der Waals surface area contributed by atoms with Gasteiger partial charge >= 0.3 is 0 Å². The van der Waals surface area contributed by atoms with Gasteiger partial charge in [0, 0.05) is 23.1 Å². The number of benzene rings is 1. The highest BCUT2D eigenvalue weighted by Crippen LogP contribution is 2.14. The van der Waals surface area contributed by atoms with Crippen molar-refractivity contribution in [3.8, 4) is 0 Å². The lowest BCUT2D eigenvalue weighted by Gasteiger charge is -2.11. The second kappa shape index (κ2) is 6.12. The van der Waals surface area contributed by atoms with Crippen LogP contribution in [0.25, 0.3) is 0 Å². The molecule has 2 rings (SSSR count). The Labute approximate surface area is 118 Å². The maximum Gasteiger partial charge on any atom is 0.213 e. The van der Waals surface area contributed by atoms with Crippen molar-refractivity contribution in [2.24, 2.45) is 0 Å². The summed E-state index contributed by atoms with van der Waals surface area (Å²) in [6, 6.07) is 7.77. The minimum Gasteiger partial charge on any atom is -0.391 e. The number of aliphatic hydroxyl groups excluding tert-OH is 1. The predicted molar refractivity (Wildman–Crippen MR) is 76.1 cm³/mol. The molecule has 1 aromatic heterocycles. The third-order valence-corrected chi connectivity index (χ3v) is 3.09. The topological polar surface area (TPSA) is 76.7 Å². The van der Waals surface area contributed by atoms with E-state index in [-0.39, 0.29) is 0 Å². The number of aliphatic hydroxyl groups is 1. The average molecular weight is 329 g/mol. The molecule has 0 amide bonds. The number of hydrogen-bond donors (Lipinski definition) is 4. The van der Waals surface area contributed by atoms with Gasteiger partial charge in [0.05, 0.1) is 6.10 Å². The molecule has 7 heteroatoms. The van der Waals surface area contributed by atoms with Crippen LogP contribution in [-0.4, -0.2) is 32.9 Å². The fraction of sp³-hybridized carbons (Fsp3) is 0.273. The van der Waals surface area contributed by atoms with Gasteiger partial charge in [0.25, 0.3) is 0 Å². The van der Waals surface area contributed by atoms with Crippen LogP contribution in [0.4, 0.5) is 5.69 Å². The molecule has 0 bridgehead atoms. The monoisotopic (exact) mass is 328 g/mol. The van der Waals surface area contributed by atoms with Crippen molar-refractivity contribution >= 4 is 33.8 Å². The first-order chi connectivity index (χ1) is 8.63. The zero-order valence-corrected chi connectivity index (χ0v) is 11.9. The van der Waals surface area contributed by atoms with Crippen LogP contribution in [0.15, 0.2) is 28.7 Å². The summed E-state index contributed by atoms with van der Waals surface area (Å²) in [5, 5.41) is 18.5. The summed E-state index contributed by atoms with van der Waals surface area (Å²) in [5.74, 6) is 0.658. The molecule has 2 aromatic rings. The van der Waals surface area contributed by atoms with E-state index < -0.39 is 6.10 Å². The third-order valence-electron chi connectivity index (χ3n) is 2.37. The number of rotatable bonds is 5. The molecule has 1 aromatic carbocycles. The van der Waals surface area contributed by atoms with Crippen LogP contribution in [0.2, 0.25) is 0 Å². The maximum atomic E-state index is 9.85. The molecule has 0 aliphatic heterocycles. The number of nitrogens with zero attached hydrogens (tertiary/aromatic N) is 1. The lowest BCUT2D eigenvalue weighted by atomic mass is 10.2. The first kappa shape index (κ1) is 13.3. The number of hydrogen-bond acceptors (Lipinski definition) is 4. The van der Waals surface area contributed by atoms with E-state index in [0.29, 0.717) is 23.6 Å². The highest BCUT2D eigenvalue weighted by Gasteiger charge is 2.07. The number of halogens is 1. The standard InChI is InChI=1S/C11H13BrN4OS/c12-7-1-3-8(4-2-7)13-6-9(17)5-10-14-11(18)16-15-10/h1-4,9,13,17H,5-6H2,(H2,14,15,16,18). The summed E-state index contributed by atoms with van der Waals surface area (Å²) < 4.78 is 1.43. The molecule has 4 N–H and O–H groups in total. The van der Waals surface area contributed by atoms with Crippen molar-refractivity contribution < 1.29 is 5.11 Å². The third kappa shape index (κ3) is 3.94. The molecule has 1 atom stereocenters. The molecule has 5 nitrogen and oxygen atoms in total. The van der Waals surface area contributed by atoms with E-state index in [4.69, 9.17) is 12.2 Å². The van der Waals surface area contributed by atoms with Crippen molar-refractivity contribution in [3.05, 3.63) is 39.3 Å². The molecule has 1 unspecified atom stereocenters. The van der Waals surface area contributed by atoms with Crippen molar-refractivity contribution in [3.63, 3.8) is 0 Å². The quantitative estimate of drug-likeness (QED) is 0.635. The second-order valence-electron chi connectivity index (χ2n) is 3.86. The van der Waals surface area contributed by atoms with Gasteiger partial charge in [-0.3, -0.25) is 10.2 Å². The van der Waals surface area contributed by atoms with Gasteiger partial charge in [-0.1, -0.05) is 15.9 Å². The van der Waals surface area contributed by atoms with Crippen molar-refractivity contribution in [2.75, 3.05) is 11.9 Å². The summed E-state index contributed by atoms with van der Waals surface area (Å²) in [6.45, 7) is 0.453. The Bertz CT molecular complexity index is 551. The van der Waals surface area contributed by atoms with Crippen LogP contribution in [-0.2, 0) is 6.42 Å². The SMILES string of the molecule is OC(CNc1ccc(Br)cc1)Cc1nc(=S)[nH][nH]1. The highest BCUT2D eigenvalue weighted by molar-refractivity contribution is 9.10. The van der Waals surface area contributed by atoms with Crippen molar-refractivity contribution in [1.29, 1.82) is 0 Å². The lowest BCUT2D eigenvalue weighted by molar-refractivity contribution is 0.185. The molecule has 0 saturated carbocycles. The minimum absolute atomic E-state index is 0.401. The Hall–Kier alpha value is -1.18. The van der Waals surface area contributed by atoms with Gasteiger partial charge in [-0.25, -0.2) is 4.98 Å². The Morgan fingerprint density at radius 3 is 2.67 bits per heavy atom. The largest absolute Gasteiger partial charge is 0.391 e. The van der Waals surface area contributed by atoms with Gasteiger partial charge < -0.3 is 10.4 Å². The summed E-state index contributed by atoms with van der Waals surface area (Å²) in [6.07, 6.45) is -0.0981. The normalized spacial score (nSPS) is 12.3. The molecule has 0 fully saturated rings. The Kier molecular flexibility index (Phi) is 4.51. The van der Waals surface area contributed by atoms with E-state index in [1.54, 1.807) is 0 Å². The van der Waals surface area contributed by atoms with Gasteiger partial charge in [0.15, 0.2) is 0 Å². The van der Waals surface area contributed by atoms with Gasteiger partial charge in [-0.2, -0.15) is 0 Å². The maximum absolute atomic E-state index is 9.85. The summed E-state index contributed by atoms with van der Waals surface area (Å²) >= 11 is 8.21. The van der Waals surface area contributed by atoms with E-state index in [1.165, 1.54) is 0 Å². The van der Waals surface area contributed by atoms with Crippen LogP contribution in [0.1, 0.15) is 5.82 Å². The number of aromatic amines is 2. The Morgan fingerprint density at radius 2 is 2.06 bits per heavy atom. The molecular formula is C11H13BrN4OS. The molecule has 0 spiro atoms. The summed E-state index contributed by atoms with van der Waals surface area (Å²) in [7, 11) is 0. The smallest absolute Gasteiger partial charge is 0.213 e. The zero-order valence-electron chi connectivity index (χ0n) is 9.48. The fourth-order valence-corrected chi connectivity index (χ4v) is 1.93. The van der Waals surface area contributed by atoms with Crippen LogP contribution in [0.5, 0.6) is 0 Å². The van der Waals surface area contributed by atoms with Gasteiger partial charge in [0.2, 0.25) is 4.77 Å². The van der Waals surface area contributed by atoms with Gasteiger partial charge in [0.1, 0.15) is 5.82 Å². The molecule has 18 heavy (non-hydrogen) atoms. The number of nitrogens with one attached hydrogen (secondary N) is 3. The first-order valence-corrected chi connectivity index (χ1v) is 6.64. The number of H-pyrrole nitrogens is 2. The molecule has 1 heterocycles. The van der Waals surface area contributed by atoms with Crippen LogP contribution < -0.4 is 5.32 Å². The van der Waals surface area contributed by atoms with E-state index >= 15 is 0 Å².